The molecule has 104 valence electrons. The minimum absolute atomic E-state index is 0.0809. The van der Waals surface area contributed by atoms with Gasteiger partial charge in [-0.05, 0) is 38.0 Å². The summed E-state index contributed by atoms with van der Waals surface area (Å²) >= 11 is 6.35. The van der Waals surface area contributed by atoms with E-state index in [-0.39, 0.29) is 5.84 Å². The third-order valence-corrected chi connectivity index (χ3v) is 4.07. The molecule has 0 bridgehead atoms. The van der Waals surface area contributed by atoms with Crippen LogP contribution in [0.5, 0.6) is 0 Å². The van der Waals surface area contributed by atoms with Crippen molar-refractivity contribution in [3.05, 3.63) is 28.8 Å². The van der Waals surface area contributed by atoms with Crippen LogP contribution in [0.25, 0.3) is 0 Å². The average Bonchev–Trinajstić information content (AvgIpc) is 2.94. The van der Waals surface area contributed by atoms with Gasteiger partial charge < -0.3 is 15.8 Å². The van der Waals surface area contributed by atoms with Gasteiger partial charge in [0.15, 0.2) is 5.84 Å². The van der Waals surface area contributed by atoms with Gasteiger partial charge in [-0.15, -0.1) is 0 Å². The van der Waals surface area contributed by atoms with Crippen molar-refractivity contribution in [3.63, 3.8) is 0 Å². The minimum atomic E-state index is 0.0809. The molecule has 0 unspecified atom stereocenters. The molecule has 0 heterocycles. The van der Waals surface area contributed by atoms with Crippen LogP contribution in [0.4, 0.5) is 5.69 Å². The lowest BCUT2D eigenvalue weighted by Crippen LogP contribution is -2.33. The van der Waals surface area contributed by atoms with E-state index in [1.807, 2.05) is 12.1 Å². The summed E-state index contributed by atoms with van der Waals surface area (Å²) in [5, 5.41) is 12.3. The van der Waals surface area contributed by atoms with Crippen molar-refractivity contribution in [3.8, 4) is 0 Å². The molecule has 1 fully saturated rings. The van der Waals surface area contributed by atoms with E-state index in [4.69, 9.17) is 22.5 Å². The molecule has 1 aromatic rings. The van der Waals surface area contributed by atoms with Crippen LogP contribution in [0.1, 0.15) is 38.2 Å². The molecule has 1 aliphatic carbocycles. The molecule has 5 heteroatoms. The Morgan fingerprint density at radius 2 is 2.16 bits per heavy atom. The topological polar surface area (TPSA) is 61.8 Å². The van der Waals surface area contributed by atoms with E-state index >= 15 is 0 Å². The summed E-state index contributed by atoms with van der Waals surface area (Å²) in [6.45, 7) is 3.08. The maximum atomic E-state index is 8.69. The van der Waals surface area contributed by atoms with Gasteiger partial charge in [0, 0.05) is 18.2 Å². The van der Waals surface area contributed by atoms with Gasteiger partial charge in [-0.25, -0.2) is 0 Å². The normalized spacial score (nSPS) is 16.8. The zero-order chi connectivity index (χ0) is 13.8. The van der Waals surface area contributed by atoms with Crippen LogP contribution in [0, 0.1) is 0 Å². The van der Waals surface area contributed by atoms with Crippen LogP contribution in [0.2, 0.25) is 5.02 Å². The molecule has 19 heavy (non-hydrogen) atoms. The van der Waals surface area contributed by atoms with E-state index in [1.54, 1.807) is 6.07 Å². The zero-order valence-electron chi connectivity index (χ0n) is 11.1. The molecule has 1 saturated carbocycles. The fourth-order valence-corrected chi connectivity index (χ4v) is 3.09. The first-order valence-electron chi connectivity index (χ1n) is 6.71. The van der Waals surface area contributed by atoms with Gasteiger partial charge in [-0.3, -0.25) is 0 Å². The summed E-state index contributed by atoms with van der Waals surface area (Å²) in [7, 11) is 0. The van der Waals surface area contributed by atoms with Crippen molar-refractivity contribution in [1.29, 1.82) is 0 Å². The van der Waals surface area contributed by atoms with Crippen molar-refractivity contribution in [2.24, 2.45) is 10.9 Å². The van der Waals surface area contributed by atoms with Crippen LogP contribution < -0.4 is 10.6 Å². The molecule has 0 amide bonds. The van der Waals surface area contributed by atoms with Gasteiger partial charge in [0.05, 0.1) is 10.7 Å². The minimum Gasteiger partial charge on any atom is -0.409 e. The molecule has 0 aromatic heterocycles. The van der Waals surface area contributed by atoms with Crippen LogP contribution in [-0.4, -0.2) is 23.6 Å². The molecule has 0 spiro atoms. The lowest BCUT2D eigenvalue weighted by atomic mass is 10.1. The largest absolute Gasteiger partial charge is 0.409 e. The highest BCUT2D eigenvalue weighted by atomic mass is 35.5. The van der Waals surface area contributed by atoms with Crippen LogP contribution in [-0.2, 0) is 0 Å². The molecule has 4 nitrogen and oxygen atoms in total. The molecule has 0 atom stereocenters. The van der Waals surface area contributed by atoms with Gasteiger partial charge in [-0.1, -0.05) is 29.6 Å². The highest BCUT2D eigenvalue weighted by molar-refractivity contribution is 6.33. The third kappa shape index (κ3) is 2.95. The number of amidine groups is 1. The summed E-state index contributed by atoms with van der Waals surface area (Å²) in [6, 6.07) is 6.13. The Kier molecular flexibility index (Phi) is 4.53. The predicted molar refractivity (Wildman–Crippen MR) is 79.2 cm³/mol. The number of anilines is 1. The summed E-state index contributed by atoms with van der Waals surface area (Å²) in [5.74, 6) is 0.0809. The second kappa shape index (κ2) is 6.15. The third-order valence-electron chi connectivity index (χ3n) is 3.77. The quantitative estimate of drug-likeness (QED) is 0.386. The van der Waals surface area contributed by atoms with Crippen LogP contribution >= 0.6 is 11.6 Å². The van der Waals surface area contributed by atoms with Crippen molar-refractivity contribution >= 4 is 23.1 Å². The van der Waals surface area contributed by atoms with Gasteiger partial charge in [0.2, 0.25) is 0 Å². The number of hydrogen-bond donors (Lipinski definition) is 2. The fourth-order valence-electron chi connectivity index (χ4n) is 2.80. The molecular formula is C14H20ClN3O. The lowest BCUT2D eigenvalue weighted by molar-refractivity contribution is 0.318. The summed E-state index contributed by atoms with van der Waals surface area (Å²) in [6.07, 6.45) is 5.04. The number of halogens is 1. The molecule has 1 aliphatic rings. The Morgan fingerprint density at radius 1 is 1.47 bits per heavy atom. The summed E-state index contributed by atoms with van der Waals surface area (Å²) < 4.78 is 0. The van der Waals surface area contributed by atoms with Crippen LogP contribution in [0.15, 0.2) is 23.4 Å². The Balaban J connectivity index is 2.28. The second-order valence-electron chi connectivity index (χ2n) is 4.88. The van der Waals surface area contributed by atoms with E-state index in [0.717, 1.165) is 12.2 Å². The monoisotopic (exact) mass is 281 g/mol. The maximum absolute atomic E-state index is 8.69. The van der Waals surface area contributed by atoms with Gasteiger partial charge in [0.25, 0.3) is 0 Å². The van der Waals surface area contributed by atoms with E-state index < -0.39 is 0 Å². The van der Waals surface area contributed by atoms with Gasteiger partial charge >= 0.3 is 0 Å². The Hall–Kier alpha value is -1.42. The van der Waals surface area contributed by atoms with E-state index in [9.17, 15) is 0 Å². The molecule has 2 rings (SSSR count). The van der Waals surface area contributed by atoms with Crippen LogP contribution in [0.3, 0.4) is 0 Å². The predicted octanol–water partition coefficient (Wildman–Crippen LogP) is 3.20. The number of nitrogens with zero attached hydrogens (tertiary/aromatic N) is 2. The standard InChI is InChI=1S/C14H20ClN3O/c1-2-18(11-5-3-4-6-11)13-8-7-10(9-12(13)15)14(16)17-19/h7-9,11,19H,2-6H2,1H3,(H2,16,17). The maximum Gasteiger partial charge on any atom is 0.170 e. The Labute approximate surface area is 118 Å². The number of nitrogens with two attached hydrogens (primary N) is 1. The fraction of sp³-hybridized carbons (Fsp3) is 0.500. The highest BCUT2D eigenvalue weighted by Crippen LogP contribution is 2.33. The molecular weight excluding hydrogens is 262 g/mol. The van der Waals surface area contributed by atoms with Gasteiger partial charge in [-0.2, -0.15) is 0 Å². The van der Waals surface area contributed by atoms with Crippen molar-refractivity contribution in [2.45, 2.75) is 38.6 Å². The number of hydrogen-bond acceptors (Lipinski definition) is 3. The highest BCUT2D eigenvalue weighted by Gasteiger charge is 2.23. The Morgan fingerprint density at radius 3 is 2.68 bits per heavy atom. The summed E-state index contributed by atoms with van der Waals surface area (Å²) in [4.78, 5) is 2.35. The smallest absolute Gasteiger partial charge is 0.170 e. The van der Waals surface area contributed by atoms with Crippen molar-refractivity contribution < 1.29 is 5.21 Å². The van der Waals surface area contributed by atoms with Gasteiger partial charge in [0.1, 0.15) is 0 Å². The first-order valence-corrected chi connectivity index (χ1v) is 7.09. The van der Waals surface area contributed by atoms with Crippen molar-refractivity contribution in [1.82, 2.24) is 0 Å². The van der Waals surface area contributed by atoms with E-state index in [2.05, 4.69) is 17.0 Å². The molecule has 3 N–H and O–H groups in total. The molecule has 0 aliphatic heterocycles. The van der Waals surface area contributed by atoms with Crippen molar-refractivity contribution in [2.75, 3.05) is 11.4 Å². The van der Waals surface area contributed by atoms with E-state index in [1.165, 1.54) is 25.7 Å². The molecule has 0 saturated heterocycles. The zero-order valence-corrected chi connectivity index (χ0v) is 11.9. The number of oxime groups is 1. The average molecular weight is 282 g/mol. The number of benzene rings is 1. The second-order valence-corrected chi connectivity index (χ2v) is 5.28. The first kappa shape index (κ1) is 14.0. The molecule has 1 aromatic carbocycles. The van der Waals surface area contributed by atoms with E-state index in [0.29, 0.717) is 16.6 Å². The summed E-state index contributed by atoms with van der Waals surface area (Å²) in [5.41, 5.74) is 7.24. The first-order chi connectivity index (χ1) is 9.17. The SMILES string of the molecule is CCN(c1ccc(C(N)=NO)cc1Cl)C1CCCC1. The Bertz CT molecular complexity index is 470. The molecule has 0 radical (unpaired) electrons. The number of rotatable bonds is 4. The lowest BCUT2D eigenvalue weighted by Gasteiger charge is -2.30.